The molecule has 0 aromatic carbocycles. The third-order valence-electron chi connectivity index (χ3n) is 3.15. The van der Waals surface area contributed by atoms with Crippen LogP contribution in [-0.4, -0.2) is 34.8 Å². The first-order valence-corrected chi connectivity index (χ1v) is 6.90. The van der Waals surface area contributed by atoms with Gasteiger partial charge in [0.2, 0.25) is 0 Å². The number of aliphatic hydroxyl groups is 1. The van der Waals surface area contributed by atoms with Crippen LogP contribution in [0, 0.1) is 12.3 Å². The number of aliphatic hydroxyl groups excluding tert-OH is 1. The van der Waals surface area contributed by atoms with Gasteiger partial charge in [0.05, 0.1) is 0 Å². The highest BCUT2D eigenvalue weighted by molar-refractivity contribution is 5.56. The summed E-state index contributed by atoms with van der Waals surface area (Å²) >= 11 is 0. The Labute approximate surface area is 115 Å². The molecule has 3 N–H and O–H groups in total. The van der Waals surface area contributed by atoms with Crippen LogP contribution in [0.1, 0.15) is 39.2 Å². The highest BCUT2D eigenvalue weighted by Gasteiger charge is 2.17. The third kappa shape index (κ3) is 5.03. The molecule has 1 heterocycles. The molecule has 108 valence electrons. The normalized spacial score (nSPS) is 11.4. The SMILES string of the molecule is CCCNc1ncnc(NCC(C)(C)CCO)c1C. The number of nitrogens with one attached hydrogen (secondary N) is 2. The number of anilines is 2. The number of hydrogen-bond acceptors (Lipinski definition) is 5. The van der Waals surface area contributed by atoms with Gasteiger partial charge >= 0.3 is 0 Å². The van der Waals surface area contributed by atoms with Crippen LogP contribution in [0.5, 0.6) is 0 Å². The number of hydrogen-bond donors (Lipinski definition) is 3. The van der Waals surface area contributed by atoms with Crippen molar-refractivity contribution in [2.24, 2.45) is 5.41 Å². The van der Waals surface area contributed by atoms with E-state index in [9.17, 15) is 0 Å². The minimum Gasteiger partial charge on any atom is -0.396 e. The molecule has 5 nitrogen and oxygen atoms in total. The molecule has 0 radical (unpaired) electrons. The summed E-state index contributed by atoms with van der Waals surface area (Å²) in [6.07, 6.45) is 3.41. The van der Waals surface area contributed by atoms with E-state index >= 15 is 0 Å². The zero-order chi connectivity index (χ0) is 14.3. The Kier molecular flexibility index (Phi) is 6.02. The van der Waals surface area contributed by atoms with Crippen molar-refractivity contribution in [1.29, 1.82) is 0 Å². The van der Waals surface area contributed by atoms with Gasteiger partial charge in [0.25, 0.3) is 0 Å². The number of rotatable bonds is 8. The van der Waals surface area contributed by atoms with Crippen LogP contribution in [-0.2, 0) is 0 Å². The Morgan fingerprint density at radius 2 is 1.84 bits per heavy atom. The van der Waals surface area contributed by atoms with E-state index in [2.05, 4.69) is 41.4 Å². The molecule has 0 saturated carbocycles. The summed E-state index contributed by atoms with van der Waals surface area (Å²) in [6, 6.07) is 0. The molecule has 19 heavy (non-hydrogen) atoms. The number of aromatic nitrogens is 2. The molecule has 0 unspecified atom stereocenters. The Morgan fingerprint density at radius 1 is 1.21 bits per heavy atom. The standard InChI is InChI=1S/C14H26N4O/c1-5-7-15-12-11(2)13(18-10-17-12)16-9-14(3,4)6-8-19/h10,19H,5-9H2,1-4H3,(H2,15,16,17,18). The first-order valence-electron chi connectivity index (χ1n) is 6.90. The zero-order valence-electron chi connectivity index (χ0n) is 12.5. The van der Waals surface area contributed by atoms with Gasteiger partial charge in [-0.1, -0.05) is 20.8 Å². The maximum Gasteiger partial charge on any atom is 0.134 e. The fourth-order valence-corrected chi connectivity index (χ4v) is 1.76. The molecule has 0 aliphatic carbocycles. The maximum absolute atomic E-state index is 9.03. The molecule has 1 aromatic heterocycles. The van der Waals surface area contributed by atoms with Gasteiger partial charge in [0.15, 0.2) is 0 Å². The van der Waals surface area contributed by atoms with Crippen molar-refractivity contribution in [2.75, 3.05) is 30.3 Å². The van der Waals surface area contributed by atoms with Crippen molar-refractivity contribution in [3.63, 3.8) is 0 Å². The van der Waals surface area contributed by atoms with Crippen LogP contribution in [0.3, 0.4) is 0 Å². The summed E-state index contributed by atoms with van der Waals surface area (Å²) in [5, 5.41) is 15.7. The average molecular weight is 266 g/mol. The van der Waals surface area contributed by atoms with E-state index in [1.54, 1.807) is 6.33 Å². The Balaban J connectivity index is 2.68. The minimum atomic E-state index is 0.0448. The van der Waals surface area contributed by atoms with Gasteiger partial charge in [-0.2, -0.15) is 0 Å². The van der Waals surface area contributed by atoms with Crippen LogP contribution >= 0.6 is 0 Å². The van der Waals surface area contributed by atoms with E-state index in [1.165, 1.54) is 0 Å². The largest absolute Gasteiger partial charge is 0.396 e. The van der Waals surface area contributed by atoms with Crippen molar-refractivity contribution in [2.45, 2.75) is 40.5 Å². The highest BCUT2D eigenvalue weighted by atomic mass is 16.3. The van der Waals surface area contributed by atoms with Crippen molar-refractivity contribution in [1.82, 2.24) is 9.97 Å². The van der Waals surface area contributed by atoms with E-state index in [0.717, 1.165) is 43.1 Å². The van der Waals surface area contributed by atoms with Gasteiger partial charge in [-0.15, -0.1) is 0 Å². The maximum atomic E-state index is 9.03. The fraction of sp³-hybridized carbons (Fsp3) is 0.714. The van der Waals surface area contributed by atoms with E-state index in [-0.39, 0.29) is 12.0 Å². The second-order valence-electron chi connectivity index (χ2n) is 5.61. The molecule has 0 amide bonds. The van der Waals surface area contributed by atoms with Crippen molar-refractivity contribution in [3.05, 3.63) is 11.9 Å². The molecule has 0 fully saturated rings. The van der Waals surface area contributed by atoms with Crippen LogP contribution in [0.25, 0.3) is 0 Å². The van der Waals surface area contributed by atoms with Gasteiger partial charge in [-0.05, 0) is 25.2 Å². The molecule has 0 spiro atoms. The minimum absolute atomic E-state index is 0.0448. The predicted molar refractivity (Wildman–Crippen MR) is 79.5 cm³/mol. The van der Waals surface area contributed by atoms with Crippen LogP contribution in [0.15, 0.2) is 6.33 Å². The highest BCUT2D eigenvalue weighted by Crippen LogP contribution is 2.23. The van der Waals surface area contributed by atoms with Crippen LogP contribution in [0.2, 0.25) is 0 Å². The monoisotopic (exact) mass is 266 g/mol. The molecule has 0 atom stereocenters. The summed E-state index contributed by atoms with van der Waals surface area (Å²) in [6.45, 7) is 10.3. The summed E-state index contributed by atoms with van der Waals surface area (Å²) < 4.78 is 0. The summed E-state index contributed by atoms with van der Waals surface area (Å²) in [5.74, 6) is 1.75. The van der Waals surface area contributed by atoms with Crippen molar-refractivity contribution >= 4 is 11.6 Å². The molecule has 1 aromatic rings. The van der Waals surface area contributed by atoms with E-state index < -0.39 is 0 Å². The Bertz CT molecular complexity index is 393. The first-order chi connectivity index (χ1) is 9.00. The smallest absolute Gasteiger partial charge is 0.134 e. The summed E-state index contributed by atoms with van der Waals surface area (Å²) in [4.78, 5) is 8.54. The lowest BCUT2D eigenvalue weighted by atomic mass is 9.90. The Morgan fingerprint density at radius 3 is 2.42 bits per heavy atom. The van der Waals surface area contributed by atoms with E-state index in [1.807, 2.05) is 6.92 Å². The van der Waals surface area contributed by atoms with Crippen LogP contribution < -0.4 is 10.6 Å². The lowest BCUT2D eigenvalue weighted by molar-refractivity contribution is 0.220. The van der Waals surface area contributed by atoms with Gasteiger partial charge in [-0.3, -0.25) is 0 Å². The van der Waals surface area contributed by atoms with Crippen molar-refractivity contribution < 1.29 is 5.11 Å². The molecule has 1 rings (SSSR count). The lowest BCUT2D eigenvalue weighted by Crippen LogP contribution is -2.25. The second kappa shape index (κ2) is 7.28. The van der Waals surface area contributed by atoms with E-state index in [4.69, 9.17) is 5.11 Å². The van der Waals surface area contributed by atoms with Gasteiger partial charge in [-0.25, -0.2) is 9.97 Å². The molecular weight excluding hydrogens is 240 g/mol. The molecule has 0 saturated heterocycles. The van der Waals surface area contributed by atoms with E-state index in [0.29, 0.717) is 0 Å². The third-order valence-corrected chi connectivity index (χ3v) is 3.15. The number of nitrogens with zero attached hydrogens (tertiary/aromatic N) is 2. The molecule has 0 aliphatic rings. The Hall–Kier alpha value is -1.36. The van der Waals surface area contributed by atoms with Gasteiger partial charge < -0.3 is 15.7 Å². The topological polar surface area (TPSA) is 70.1 Å². The van der Waals surface area contributed by atoms with Crippen molar-refractivity contribution in [3.8, 4) is 0 Å². The second-order valence-corrected chi connectivity index (χ2v) is 5.61. The molecule has 0 bridgehead atoms. The molecular formula is C14H26N4O. The molecule has 5 heteroatoms. The van der Waals surface area contributed by atoms with Gasteiger partial charge in [0, 0.05) is 25.3 Å². The molecule has 0 aliphatic heterocycles. The average Bonchev–Trinajstić information content (AvgIpc) is 2.36. The predicted octanol–water partition coefficient (Wildman–Crippen LogP) is 2.43. The van der Waals surface area contributed by atoms with Crippen LogP contribution in [0.4, 0.5) is 11.6 Å². The van der Waals surface area contributed by atoms with Gasteiger partial charge in [0.1, 0.15) is 18.0 Å². The quantitative estimate of drug-likeness (QED) is 0.674. The summed E-state index contributed by atoms with van der Waals surface area (Å²) in [7, 11) is 0. The summed E-state index contributed by atoms with van der Waals surface area (Å²) in [5.41, 5.74) is 1.08. The first kappa shape index (κ1) is 15.7. The lowest BCUT2D eigenvalue weighted by Gasteiger charge is -2.24. The fourth-order valence-electron chi connectivity index (χ4n) is 1.76. The zero-order valence-corrected chi connectivity index (χ0v) is 12.5.